The minimum atomic E-state index is 0.0547. The molecule has 0 radical (unpaired) electrons. The molecule has 0 fully saturated rings. The molecule has 15 heavy (non-hydrogen) atoms. The molecule has 1 heterocycles. The predicted octanol–water partition coefficient (Wildman–Crippen LogP) is 1.15. The fourth-order valence-electron chi connectivity index (χ4n) is 1.45. The van der Waals surface area contributed by atoms with Crippen molar-refractivity contribution in [2.75, 3.05) is 18.8 Å². The first-order valence-electron chi connectivity index (χ1n) is 5.11. The van der Waals surface area contributed by atoms with Gasteiger partial charge in [0.1, 0.15) is 5.82 Å². The summed E-state index contributed by atoms with van der Waals surface area (Å²) in [4.78, 5) is 15.7. The Morgan fingerprint density at radius 1 is 1.60 bits per heavy atom. The minimum Gasteiger partial charge on any atom is -0.383 e. The van der Waals surface area contributed by atoms with Crippen LogP contribution in [0, 0.1) is 6.92 Å². The van der Waals surface area contributed by atoms with E-state index in [2.05, 4.69) is 10.3 Å². The first kappa shape index (κ1) is 11.7. The normalized spacial score (nSPS) is 10.3. The van der Waals surface area contributed by atoms with Crippen molar-refractivity contribution in [1.29, 1.82) is 0 Å². The summed E-state index contributed by atoms with van der Waals surface area (Å²) in [5, 5.41) is 3.11. The van der Waals surface area contributed by atoms with Crippen molar-refractivity contribution in [2.45, 2.75) is 20.3 Å². The van der Waals surface area contributed by atoms with Gasteiger partial charge in [-0.1, -0.05) is 6.92 Å². The standard InChI is InChI=1S/C11H17N3O/c1-3-13-6-5-9(15)10-8(2)4-7-14-11(10)12/h4,7,13H,3,5-6H2,1-2H3,(H2,12,14). The largest absolute Gasteiger partial charge is 0.383 e. The van der Waals surface area contributed by atoms with Crippen molar-refractivity contribution < 1.29 is 4.79 Å². The van der Waals surface area contributed by atoms with Crippen LogP contribution in [0.2, 0.25) is 0 Å². The Morgan fingerprint density at radius 3 is 2.93 bits per heavy atom. The third-order valence-corrected chi connectivity index (χ3v) is 2.25. The van der Waals surface area contributed by atoms with Gasteiger partial charge in [0.05, 0.1) is 5.56 Å². The van der Waals surface area contributed by atoms with Gasteiger partial charge in [-0.05, 0) is 25.1 Å². The molecular formula is C11H17N3O. The zero-order valence-electron chi connectivity index (χ0n) is 9.21. The lowest BCUT2D eigenvalue weighted by Crippen LogP contribution is -2.18. The number of pyridine rings is 1. The van der Waals surface area contributed by atoms with Gasteiger partial charge in [0, 0.05) is 19.2 Å². The Kier molecular flexibility index (Phi) is 4.24. The predicted molar refractivity (Wildman–Crippen MR) is 60.9 cm³/mol. The highest BCUT2D eigenvalue weighted by molar-refractivity contribution is 6.01. The van der Waals surface area contributed by atoms with Crippen LogP contribution in [-0.4, -0.2) is 23.9 Å². The second-order valence-electron chi connectivity index (χ2n) is 3.41. The lowest BCUT2D eigenvalue weighted by molar-refractivity contribution is 0.0983. The van der Waals surface area contributed by atoms with Crippen molar-refractivity contribution in [2.24, 2.45) is 0 Å². The molecule has 0 spiro atoms. The van der Waals surface area contributed by atoms with E-state index in [0.29, 0.717) is 24.3 Å². The molecule has 0 unspecified atom stereocenters. The van der Waals surface area contributed by atoms with Crippen LogP contribution in [0.25, 0.3) is 0 Å². The summed E-state index contributed by atoms with van der Waals surface area (Å²) >= 11 is 0. The van der Waals surface area contributed by atoms with Crippen LogP contribution in [0.5, 0.6) is 0 Å². The lowest BCUT2D eigenvalue weighted by Gasteiger charge is -2.07. The number of nitrogens with zero attached hydrogens (tertiary/aromatic N) is 1. The first-order chi connectivity index (χ1) is 7.16. The summed E-state index contributed by atoms with van der Waals surface area (Å²) in [6.45, 7) is 5.44. The molecule has 4 heteroatoms. The number of nitrogens with two attached hydrogens (primary N) is 1. The van der Waals surface area contributed by atoms with E-state index in [1.165, 1.54) is 0 Å². The maximum absolute atomic E-state index is 11.8. The molecule has 0 aliphatic rings. The molecule has 0 saturated heterocycles. The maximum atomic E-state index is 11.8. The van der Waals surface area contributed by atoms with Crippen LogP contribution < -0.4 is 11.1 Å². The smallest absolute Gasteiger partial charge is 0.168 e. The van der Waals surface area contributed by atoms with Gasteiger partial charge in [0.25, 0.3) is 0 Å². The van der Waals surface area contributed by atoms with Gasteiger partial charge in [0.15, 0.2) is 5.78 Å². The molecule has 0 aliphatic heterocycles. The average Bonchev–Trinajstić information content (AvgIpc) is 2.18. The number of hydrogen-bond donors (Lipinski definition) is 2. The number of aryl methyl sites for hydroxylation is 1. The molecule has 0 amide bonds. The van der Waals surface area contributed by atoms with E-state index in [4.69, 9.17) is 5.73 Å². The molecule has 0 aromatic carbocycles. The highest BCUT2D eigenvalue weighted by atomic mass is 16.1. The lowest BCUT2D eigenvalue weighted by atomic mass is 10.0. The van der Waals surface area contributed by atoms with Gasteiger partial charge in [0.2, 0.25) is 0 Å². The van der Waals surface area contributed by atoms with Crippen molar-refractivity contribution in [3.05, 3.63) is 23.4 Å². The van der Waals surface area contributed by atoms with Crippen LogP contribution in [0.3, 0.4) is 0 Å². The number of anilines is 1. The Balaban J connectivity index is 2.73. The third-order valence-electron chi connectivity index (χ3n) is 2.25. The number of carbonyl (C=O) groups is 1. The number of hydrogen-bond acceptors (Lipinski definition) is 4. The zero-order chi connectivity index (χ0) is 11.3. The molecule has 0 aliphatic carbocycles. The molecule has 82 valence electrons. The van der Waals surface area contributed by atoms with E-state index in [-0.39, 0.29) is 5.78 Å². The topological polar surface area (TPSA) is 68.0 Å². The molecule has 1 aromatic heterocycles. The summed E-state index contributed by atoms with van der Waals surface area (Å²) in [6, 6.07) is 1.80. The SMILES string of the molecule is CCNCCC(=O)c1c(C)ccnc1N. The summed E-state index contributed by atoms with van der Waals surface area (Å²) in [7, 11) is 0. The molecule has 0 bridgehead atoms. The van der Waals surface area contributed by atoms with Crippen LogP contribution in [0.1, 0.15) is 29.3 Å². The Hall–Kier alpha value is -1.42. The monoisotopic (exact) mass is 207 g/mol. The maximum Gasteiger partial charge on any atom is 0.168 e. The molecule has 4 nitrogen and oxygen atoms in total. The molecule has 0 saturated carbocycles. The Morgan fingerprint density at radius 2 is 2.33 bits per heavy atom. The summed E-state index contributed by atoms with van der Waals surface area (Å²) < 4.78 is 0. The number of carbonyl (C=O) groups excluding carboxylic acids is 1. The Labute approximate surface area is 89.9 Å². The summed E-state index contributed by atoms with van der Waals surface area (Å²) in [6.07, 6.45) is 2.08. The third kappa shape index (κ3) is 3.02. The van der Waals surface area contributed by atoms with Gasteiger partial charge in [-0.3, -0.25) is 4.79 Å². The number of aromatic nitrogens is 1. The van der Waals surface area contributed by atoms with Crippen LogP contribution in [-0.2, 0) is 0 Å². The number of nitrogens with one attached hydrogen (secondary N) is 1. The summed E-state index contributed by atoms with van der Waals surface area (Å²) in [5.41, 5.74) is 7.13. The zero-order valence-corrected chi connectivity index (χ0v) is 9.21. The molecular weight excluding hydrogens is 190 g/mol. The van der Waals surface area contributed by atoms with Gasteiger partial charge in [-0.2, -0.15) is 0 Å². The van der Waals surface area contributed by atoms with Crippen LogP contribution >= 0.6 is 0 Å². The van der Waals surface area contributed by atoms with Crippen LogP contribution in [0.4, 0.5) is 5.82 Å². The minimum absolute atomic E-state index is 0.0547. The van der Waals surface area contributed by atoms with E-state index < -0.39 is 0 Å². The van der Waals surface area contributed by atoms with Gasteiger partial charge < -0.3 is 11.1 Å². The van der Waals surface area contributed by atoms with Crippen molar-refractivity contribution in [3.8, 4) is 0 Å². The highest BCUT2D eigenvalue weighted by Crippen LogP contribution is 2.15. The van der Waals surface area contributed by atoms with Gasteiger partial charge in [-0.15, -0.1) is 0 Å². The fraction of sp³-hybridized carbons (Fsp3) is 0.455. The molecule has 1 aromatic rings. The fourth-order valence-corrected chi connectivity index (χ4v) is 1.45. The average molecular weight is 207 g/mol. The van der Waals surface area contributed by atoms with Gasteiger partial charge in [-0.25, -0.2) is 4.98 Å². The van der Waals surface area contributed by atoms with Crippen molar-refractivity contribution in [3.63, 3.8) is 0 Å². The van der Waals surface area contributed by atoms with Gasteiger partial charge >= 0.3 is 0 Å². The second kappa shape index (κ2) is 5.46. The van der Waals surface area contributed by atoms with Crippen LogP contribution in [0.15, 0.2) is 12.3 Å². The van der Waals surface area contributed by atoms with Crippen molar-refractivity contribution in [1.82, 2.24) is 10.3 Å². The Bertz CT molecular complexity index is 329. The molecule has 1 rings (SSSR count). The van der Waals surface area contributed by atoms with E-state index in [9.17, 15) is 4.79 Å². The number of rotatable bonds is 5. The first-order valence-corrected chi connectivity index (χ1v) is 5.11. The van der Waals surface area contributed by atoms with E-state index in [1.54, 1.807) is 12.3 Å². The molecule has 3 N–H and O–H groups in total. The second-order valence-corrected chi connectivity index (χ2v) is 3.41. The quantitative estimate of drug-likeness (QED) is 0.561. The number of Topliss-reactive ketones (excluding diaryl/α,β-unsaturated/α-hetero) is 1. The van der Waals surface area contributed by atoms with E-state index in [1.807, 2.05) is 13.8 Å². The van der Waals surface area contributed by atoms with Crippen molar-refractivity contribution >= 4 is 11.6 Å². The molecule has 0 atom stereocenters. The van der Waals surface area contributed by atoms with E-state index in [0.717, 1.165) is 12.1 Å². The number of nitrogen functional groups attached to an aromatic ring is 1. The highest BCUT2D eigenvalue weighted by Gasteiger charge is 2.12. The number of ketones is 1. The summed E-state index contributed by atoms with van der Waals surface area (Å²) in [5.74, 6) is 0.385. The van der Waals surface area contributed by atoms with E-state index >= 15 is 0 Å².